The summed E-state index contributed by atoms with van der Waals surface area (Å²) >= 11 is 1.80. The van der Waals surface area contributed by atoms with E-state index >= 15 is 0 Å². The summed E-state index contributed by atoms with van der Waals surface area (Å²) in [7, 11) is 0. The summed E-state index contributed by atoms with van der Waals surface area (Å²) < 4.78 is 5.80. The molecule has 0 aliphatic heterocycles. The number of thiophene rings is 1. The maximum absolute atomic E-state index is 5.80. The van der Waals surface area contributed by atoms with Crippen molar-refractivity contribution in [3.63, 3.8) is 0 Å². The molecule has 0 spiro atoms. The lowest BCUT2D eigenvalue weighted by molar-refractivity contribution is 0.0630. The third-order valence-electron chi connectivity index (χ3n) is 3.08. The maximum atomic E-state index is 5.80. The van der Waals surface area contributed by atoms with Gasteiger partial charge in [0.15, 0.2) is 0 Å². The first kappa shape index (κ1) is 14.7. The van der Waals surface area contributed by atoms with Crippen molar-refractivity contribution in [3.8, 4) is 0 Å². The van der Waals surface area contributed by atoms with Crippen LogP contribution >= 0.6 is 11.3 Å². The van der Waals surface area contributed by atoms with Crippen molar-refractivity contribution in [2.24, 2.45) is 0 Å². The standard InChI is InChI=1S/C14H25NOS/c1-5-14(3,4)15-11-12(2)16-9-8-13-7-6-10-17-13/h6-7,10,12,15H,5,8-9,11H2,1-4H3. The van der Waals surface area contributed by atoms with Crippen molar-refractivity contribution in [2.75, 3.05) is 13.2 Å². The Bertz CT molecular complexity index is 295. The summed E-state index contributed by atoms with van der Waals surface area (Å²) in [6, 6.07) is 4.26. The van der Waals surface area contributed by atoms with E-state index in [9.17, 15) is 0 Å². The fourth-order valence-electron chi connectivity index (χ4n) is 1.42. The van der Waals surface area contributed by atoms with Gasteiger partial charge in [0.05, 0.1) is 12.7 Å². The van der Waals surface area contributed by atoms with Gasteiger partial charge in [-0.25, -0.2) is 0 Å². The van der Waals surface area contributed by atoms with E-state index in [0.29, 0.717) is 0 Å². The molecule has 1 aromatic rings. The number of hydrogen-bond acceptors (Lipinski definition) is 3. The molecule has 3 heteroatoms. The van der Waals surface area contributed by atoms with Crippen LogP contribution in [0.25, 0.3) is 0 Å². The van der Waals surface area contributed by atoms with Crippen LogP contribution in [-0.2, 0) is 11.2 Å². The van der Waals surface area contributed by atoms with Gasteiger partial charge in [-0.1, -0.05) is 13.0 Å². The number of rotatable bonds is 8. The van der Waals surface area contributed by atoms with E-state index in [1.54, 1.807) is 11.3 Å². The highest BCUT2D eigenvalue weighted by atomic mass is 32.1. The topological polar surface area (TPSA) is 21.3 Å². The fourth-order valence-corrected chi connectivity index (χ4v) is 2.11. The molecule has 0 saturated carbocycles. The third-order valence-corrected chi connectivity index (χ3v) is 4.02. The third kappa shape index (κ3) is 6.20. The second-order valence-corrected chi connectivity index (χ2v) is 6.16. The molecule has 0 radical (unpaired) electrons. The quantitative estimate of drug-likeness (QED) is 0.768. The highest BCUT2D eigenvalue weighted by Gasteiger charge is 2.15. The monoisotopic (exact) mass is 255 g/mol. The van der Waals surface area contributed by atoms with Crippen LogP contribution in [0.2, 0.25) is 0 Å². The van der Waals surface area contributed by atoms with Crippen molar-refractivity contribution in [2.45, 2.75) is 52.2 Å². The van der Waals surface area contributed by atoms with E-state index in [0.717, 1.165) is 26.0 Å². The Kier molecular flexibility index (Phi) is 6.17. The van der Waals surface area contributed by atoms with Crippen LogP contribution in [0.4, 0.5) is 0 Å². The van der Waals surface area contributed by atoms with Gasteiger partial charge in [-0.2, -0.15) is 0 Å². The molecule has 98 valence electrons. The minimum absolute atomic E-state index is 0.214. The predicted molar refractivity (Wildman–Crippen MR) is 75.8 cm³/mol. The smallest absolute Gasteiger partial charge is 0.0671 e. The molecule has 0 aromatic carbocycles. The van der Waals surface area contributed by atoms with Crippen LogP contribution in [-0.4, -0.2) is 24.8 Å². The highest BCUT2D eigenvalue weighted by molar-refractivity contribution is 7.09. The zero-order valence-corrected chi connectivity index (χ0v) is 12.3. The van der Waals surface area contributed by atoms with Crippen molar-refractivity contribution in [1.29, 1.82) is 0 Å². The van der Waals surface area contributed by atoms with Gasteiger partial charge in [0.1, 0.15) is 0 Å². The number of hydrogen-bond donors (Lipinski definition) is 1. The van der Waals surface area contributed by atoms with Crippen LogP contribution in [0.5, 0.6) is 0 Å². The highest BCUT2D eigenvalue weighted by Crippen LogP contribution is 2.10. The zero-order valence-electron chi connectivity index (χ0n) is 11.5. The molecule has 0 aliphatic carbocycles. The molecule has 1 aromatic heterocycles. The molecule has 0 saturated heterocycles. The van der Waals surface area contributed by atoms with Crippen molar-refractivity contribution in [1.82, 2.24) is 5.32 Å². The molecule has 1 atom stereocenters. The fraction of sp³-hybridized carbons (Fsp3) is 0.714. The molecule has 1 heterocycles. The molecule has 1 rings (SSSR count). The minimum Gasteiger partial charge on any atom is -0.377 e. The van der Waals surface area contributed by atoms with E-state index in [2.05, 4.69) is 50.5 Å². The second kappa shape index (κ2) is 7.14. The van der Waals surface area contributed by atoms with Crippen LogP contribution in [0.3, 0.4) is 0 Å². The minimum atomic E-state index is 0.214. The Balaban J connectivity index is 2.11. The van der Waals surface area contributed by atoms with Gasteiger partial charge in [-0.3, -0.25) is 0 Å². The molecule has 1 unspecified atom stereocenters. The molecule has 17 heavy (non-hydrogen) atoms. The molecule has 0 bridgehead atoms. The van der Waals surface area contributed by atoms with Crippen molar-refractivity contribution < 1.29 is 4.74 Å². The van der Waals surface area contributed by atoms with Gasteiger partial charge in [0, 0.05) is 23.4 Å². The predicted octanol–water partition coefficient (Wildman–Crippen LogP) is 3.47. The summed E-state index contributed by atoms with van der Waals surface area (Å²) in [6.07, 6.45) is 2.44. The van der Waals surface area contributed by atoms with Gasteiger partial charge in [0.25, 0.3) is 0 Å². The maximum Gasteiger partial charge on any atom is 0.0671 e. The van der Waals surface area contributed by atoms with E-state index < -0.39 is 0 Å². The Morgan fingerprint density at radius 3 is 2.82 bits per heavy atom. The molecular weight excluding hydrogens is 230 g/mol. The zero-order chi connectivity index (χ0) is 12.7. The second-order valence-electron chi connectivity index (χ2n) is 5.13. The lowest BCUT2D eigenvalue weighted by Crippen LogP contribution is -2.42. The summed E-state index contributed by atoms with van der Waals surface area (Å²) in [4.78, 5) is 1.40. The van der Waals surface area contributed by atoms with Gasteiger partial charge >= 0.3 is 0 Å². The average Bonchev–Trinajstić information content (AvgIpc) is 2.80. The van der Waals surface area contributed by atoms with Gasteiger partial charge in [0.2, 0.25) is 0 Å². The van der Waals surface area contributed by atoms with E-state index in [1.165, 1.54) is 4.88 Å². The first-order valence-electron chi connectivity index (χ1n) is 6.42. The van der Waals surface area contributed by atoms with Crippen LogP contribution in [0.15, 0.2) is 17.5 Å². The Hall–Kier alpha value is -0.380. The largest absolute Gasteiger partial charge is 0.377 e. The number of nitrogens with one attached hydrogen (secondary N) is 1. The van der Waals surface area contributed by atoms with Gasteiger partial charge < -0.3 is 10.1 Å². The van der Waals surface area contributed by atoms with Crippen molar-refractivity contribution in [3.05, 3.63) is 22.4 Å². The lowest BCUT2D eigenvalue weighted by atomic mass is 10.0. The molecular formula is C14H25NOS. The van der Waals surface area contributed by atoms with E-state index in [4.69, 9.17) is 4.74 Å². The first-order valence-corrected chi connectivity index (χ1v) is 7.30. The Morgan fingerprint density at radius 2 is 2.24 bits per heavy atom. The van der Waals surface area contributed by atoms with E-state index in [1.807, 2.05) is 0 Å². The van der Waals surface area contributed by atoms with Crippen molar-refractivity contribution >= 4 is 11.3 Å². The van der Waals surface area contributed by atoms with E-state index in [-0.39, 0.29) is 11.6 Å². The van der Waals surface area contributed by atoms with Crippen LogP contribution in [0.1, 0.15) is 39.0 Å². The normalized spacial score (nSPS) is 13.9. The van der Waals surface area contributed by atoms with Crippen LogP contribution < -0.4 is 5.32 Å². The SMILES string of the molecule is CCC(C)(C)NCC(C)OCCc1cccs1. The summed E-state index contributed by atoms with van der Waals surface area (Å²) in [6.45, 7) is 10.5. The molecule has 0 fully saturated rings. The summed E-state index contributed by atoms with van der Waals surface area (Å²) in [5.41, 5.74) is 0.214. The first-order chi connectivity index (χ1) is 8.03. The molecule has 0 amide bonds. The van der Waals surface area contributed by atoms with Crippen LogP contribution in [0, 0.1) is 0 Å². The van der Waals surface area contributed by atoms with Gasteiger partial charge in [-0.05, 0) is 38.6 Å². The molecule has 2 nitrogen and oxygen atoms in total. The summed E-state index contributed by atoms with van der Waals surface area (Å²) in [5.74, 6) is 0. The number of ether oxygens (including phenoxy) is 1. The Morgan fingerprint density at radius 1 is 1.47 bits per heavy atom. The lowest BCUT2D eigenvalue weighted by Gasteiger charge is -2.26. The Labute approximate surface area is 109 Å². The molecule has 0 aliphatic rings. The average molecular weight is 255 g/mol. The molecule has 1 N–H and O–H groups in total. The van der Waals surface area contributed by atoms with Gasteiger partial charge in [-0.15, -0.1) is 11.3 Å². The summed E-state index contributed by atoms with van der Waals surface area (Å²) in [5, 5.41) is 5.64.